The highest BCUT2D eigenvalue weighted by molar-refractivity contribution is 8.00. The minimum absolute atomic E-state index is 0.162. The number of thioether (sulfide) groups is 1. The van der Waals surface area contributed by atoms with E-state index in [4.69, 9.17) is 0 Å². The van der Waals surface area contributed by atoms with Crippen LogP contribution >= 0.6 is 11.8 Å². The summed E-state index contributed by atoms with van der Waals surface area (Å²) in [6, 6.07) is 8.13. The first-order valence-corrected chi connectivity index (χ1v) is 8.91. The van der Waals surface area contributed by atoms with Crippen LogP contribution in [0.5, 0.6) is 0 Å². The molecule has 23 heavy (non-hydrogen) atoms. The average Bonchev–Trinajstić information content (AvgIpc) is 2.60. The lowest BCUT2D eigenvalue weighted by atomic mass is 9.90. The smallest absolute Gasteiger partial charge is 0.129 e. The van der Waals surface area contributed by atoms with Gasteiger partial charge in [-0.1, -0.05) is 12.8 Å². The Bertz CT molecular complexity index is 598. The summed E-state index contributed by atoms with van der Waals surface area (Å²) in [5.74, 6) is 0. The third-order valence-corrected chi connectivity index (χ3v) is 6.22. The zero-order valence-electron chi connectivity index (χ0n) is 13.0. The van der Waals surface area contributed by atoms with Crippen LogP contribution in [0.4, 0.5) is 0 Å². The van der Waals surface area contributed by atoms with Crippen molar-refractivity contribution in [3.63, 3.8) is 0 Å². The second kappa shape index (κ2) is 8.43. The highest BCUT2D eigenvalue weighted by Crippen LogP contribution is 2.43. The van der Waals surface area contributed by atoms with Crippen molar-refractivity contribution < 1.29 is 0 Å². The molecule has 0 aromatic rings. The fourth-order valence-electron chi connectivity index (χ4n) is 3.37. The molecule has 0 bridgehead atoms. The van der Waals surface area contributed by atoms with Gasteiger partial charge in [-0.05, 0) is 49.7 Å². The van der Waals surface area contributed by atoms with E-state index >= 15 is 0 Å². The third kappa shape index (κ3) is 3.96. The fraction of sp³-hybridized carbons (Fsp3) is 0.556. The lowest BCUT2D eigenvalue weighted by molar-refractivity contribution is 0.588. The highest BCUT2D eigenvalue weighted by Gasteiger charge is 2.30. The lowest BCUT2D eigenvalue weighted by Gasteiger charge is -2.32. The molecule has 5 heteroatoms. The summed E-state index contributed by atoms with van der Waals surface area (Å²) in [7, 11) is 0. The maximum atomic E-state index is 9.18. The van der Waals surface area contributed by atoms with Gasteiger partial charge in [0, 0.05) is 10.5 Å². The van der Waals surface area contributed by atoms with E-state index < -0.39 is 0 Å². The van der Waals surface area contributed by atoms with Crippen LogP contribution in [0.1, 0.15) is 51.4 Å². The number of nitriles is 4. The fourth-order valence-corrected chi connectivity index (χ4v) is 5.17. The number of rotatable bonds is 2. The summed E-state index contributed by atoms with van der Waals surface area (Å²) in [5.41, 5.74) is 2.44. The molecule has 0 N–H and O–H groups in total. The molecule has 0 saturated heterocycles. The molecular formula is C18H18N4S. The molecule has 2 fully saturated rings. The largest absolute Gasteiger partial charge is 0.192 e. The Labute approximate surface area is 141 Å². The Morgan fingerprint density at radius 1 is 0.696 bits per heavy atom. The van der Waals surface area contributed by atoms with Gasteiger partial charge in [0.1, 0.15) is 35.4 Å². The molecule has 0 aliphatic heterocycles. The summed E-state index contributed by atoms with van der Waals surface area (Å²) in [6.45, 7) is 0. The van der Waals surface area contributed by atoms with Crippen LogP contribution in [-0.4, -0.2) is 10.5 Å². The Morgan fingerprint density at radius 2 is 1.09 bits per heavy atom. The van der Waals surface area contributed by atoms with Crippen molar-refractivity contribution in [3.8, 4) is 24.3 Å². The Kier molecular flexibility index (Phi) is 6.29. The van der Waals surface area contributed by atoms with Crippen molar-refractivity contribution in [2.75, 3.05) is 0 Å². The zero-order chi connectivity index (χ0) is 16.7. The standard InChI is InChI=1S/C18H18N4S/c19-9-13(10-20)15-5-1-3-7-17(15)23-18-8-4-2-6-16(18)14(11-21)12-22/h17-18H,1-8H2/t17-,18-/m0/s1. The summed E-state index contributed by atoms with van der Waals surface area (Å²) < 4.78 is 0. The molecule has 0 unspecified atom stereocenters. The van der Waals surface area contributed by atoms with E-state index in [2.05, 4.69) is 0 Å². The van der Waals surface area contributed by atoms with E-state index in [0.717, 1.165) is 62.5 Å². The molecule has 2 atom stereocenters. The number of nitrogens with zero attached hydrogens (tertiary/aromatic N) is 4. The Hall–Kier alpha value is -2.21. The molecule has 2 saturated carbocycles. The van der Waals surface area contributed by atoms with E-state index in [1.807, 2.05) is 24.3 Å². The van der Waals surface area contributed by atoms with Crippen LogP contribution in [0.25, 0.3) is 0 Å². The molecule has 0 aromatic carbocycles. The van der Waals surface area contributed by atoms with Gasteiger partial charge in [-0.15, -0.1) is 11.8 Å². The number of hydrogen-bond donors (Lipinski definition) is 0. The van der Waals surface area contributed by atoms with E-state index in [9.17, 15) is 21.0 Å². The van der Waals surface area contributed by atoms with Crippen molar-refractivity contribution >= 4 is 11.8 Å². The maximum Gasteiger partial charge on any atom is 0.129 e. The second-order valence-corrected chi connectivity index (χ2v) is 7.26. The van der Waals surface area contributed by atoms with Crippen molar-refractivity contribution in [3.05, 3.63) is 22.3 Å². The van der Waals surface area contributed by atoms with Crippen molar-refractivity contribution in [2.45, 2.75) is 61.9 Å². The molecule has 2 aliphatic carbocycles. The van der Waals surface area contributed by atoms with E-state index in [-0.39, 0.29) is 21.6 Å². The first-order chi connectivity index (χ1) is 11.2. The SMILES string of the molecule is N#CC(C#N)=C1CCCC[C@@H]1S[C@H]1CCCCC1=C(C#N)C#N. The van der Waals surface area contributed by atoms with Gasteiger partial charge in [-0.3, -0.25) is 0 Å². The van der Waals surface area contributed by atoms with Gasteiger partial charge in [0.2, 0.25) is 0 Å². The molecule has 116 valence electrons. The van der Waals surface area contributed by atoms with Crippen LogP contribution in [0.15, 0.2) is 22.3 Å². The first-order valence-electron chi connectivity index (χ1n) is 7.97. The van der Waals surface area contributed by atoms with Gasteiger partial charge < -0.3 is 0 Å². The molecule has 4 nitrogen and oxygen atoms in total. The third-order valence-electron chi connectivity index (χ3n) is 4.52. The molecule has 0 spiro atoms. The van der Waals surface area contributed by atoms with Gasteiger partial charge in [0.15, 0.2) is 0 Å². The van der Waals surface area contributed by atoms with Crippen molar-refractivity contribution in [2.24, 2.45) is 0 Å². The molecule has 0 aromatic heterocycles. The molecule has 0 heterocycles. The first kappa shape index (κ1) is 17.1. The van der Waals surface area contributed by atoms with Gasteiger partial charge in [-0.25, -0.2) is 0 Å². The van der Waals surface area contributed by atoms with Gasteiger partial charge in [0.25, 0.3) is 0 Å². The molecule has 0 radical (unpaired) electrons. The zero-order valence-corrected chi connectivity index (χ0v) is 13.8. The molecule has 0 amide bonds. The normalized spacial score (nSPS) is 23.8. The topological polar surface area (TPSA) is 95.2 Å². The minimum Gasteiger partial charge on any atom is -0.192 e. The number of hydrogen-bond acceptors (Lipinski definition) is 5. The summed E-state index contributed by atoms with van der Waals surface area (Å²) in [4.78, 5) is 0. The van der Waals surface area contributed by atoms with Crippen LogP contribution in [0.3, 0.4) is 0 Å². The minimum atomic E-state index is 0.162. The van der Waals surface area contributed by atoms with Crippen LogP contribution in [0.2, 0.25) is 0 Å². The van der Waals surface area contributed by atoms with Crippen LogP contribution in [0, 0.1) is 45.3 Å². The predicted molar refractivity (Wildman–Crippen MR) is 88.6 cm³/mol. The quantitative estimate of drug-likeness (QED) is 0.706. The van der Waals surface area contributed by atoms with Crippen LogP contribution in [-0.2, 0) is 0 Å². The Morgan fingerprint density at radius 3 is 1.43 bits per heavy atom. The average molecular weight is 322 g/mol. The maximum absolute atomic E-state index is 9.18. The van der Waals surface area contributed by atoms with Crippen LogP contribution < -0.4 is 0 Å². The summed E-state index contributed by atoms with van der Waals surface area (Å²) >= 11 is 1.76. The van der Waals surface area contributed by atoms with E-state index in [1.165, 1.54) is 0 Å². The number of allylic oxidation sites excluding steroid dienone is 2. The monoisotopic (exact) mass is 322 g/mol. The van der Waals surface area contributed by atoms with E-state index in [1.54, 1.807) is 11.8 Å². The highest BCUT2D eigenvalue weighted by atomic mass is 32.2. The van der Waals surface area contributed by atoms with Gasteiger partial charge in [0.05, 0.1) is 0 Å². The predicted octanol–water partition coefficient (Wildman–Crippen LogP) is 4.29. The Balaban J connectivity index is 2.29. The van der Waals surface area contributed by atoms with Crippen molar-refractivity contribution in [1.29, 1.82) is 21.0 Å². The molecule has 2 aliphatic rings. The van der Waals surface area contributed by atoms with Gasteiger partial charge in [-0.2, -0.15) is 21.0 Å². The molecular weight excluding hydrogens is 304 g/mol. The molecule has 2 rings (SSSR count). The van der Waals surface area contributed by atoms with Gasteiger partial charge >= 0.3 is 0 Å². The lowest BCUT2D eigenvalue weighted by Crippen LogP contribution is -2.22. The van der Waals surface area contributed by atoms with Crippen molar-refractivity contribution in [1.82, 2.24) is 0 Å². The second-order valence-electron chi connectivity index (χ2n) is 5.85. The van der Waals surface area contributed by atoms with E-state index in [0.29, 0.717) is 0 Å². The summed E-state index contributed by atoms with van der Waals surface area (Å²) in [6.07, 6.45) is 7.78. The summed E-state index contributed by atoms with van der Waals surface area (Å²) in [5, 5.41) is 37.1.